The van der Waals surface area contributed by atoms with Crippen molar-refractivity contribution >= 4 is 15.9 Å². The van der Waals surface area contributed by atoms with Gasteiger partial charge in [-0.05, 0) is 43.3 Å². The second-order valence-corrected chi connectivity index (χ2v) is 4.99. The van der Waals surface area contributed by atoms with Gasteiger partial charge in [0.2, 0.25) is 0 Å². The molecule has 0 spiro atoms. The number of halogens is 2. The van der Waals surface area contributed by atoms with E-state index in [4.69, 9.17) is 0 Å². The Balaban J connectivity index is 2.17. The molecular weight excluding hydrogens is 295 g/mol. The molecule has 0 amide bonds. The Hall–Kier alpha value is -1.26. The molecule has 1 unspecified atom stereocenters. The lowest BCUT2D eigenvalue weighted by Gasteiger charge is -2.15. The Labute approximate surface area is 114 Å². The van der Waals surface area contributed by atoms with Crippen LogP contribution in [0.2, 0.25) is 0 Å². The van der Waals surface area contributed by atoms with Crippen LogP contribution in [0.4, 0.5) is 4.39 Å². The lowest BCUT2D eigenvalue weighted by Crippen LogP contribution is -2.20. The van der Waals surface area contributed by atoms with Gasteiger partial charge in [-0.15, -0.1) is 0 Å². The highest BCUT2D eigenvalue weighted by Gasteiger charge is 2.11. The van der Waals surface area contributed by atoms with Gasteiger partial charge in [0.05, 0.1) is 17.9 Å². The number of hydrogen-bond donors (Lipinski definition) is 1. The number of aromatic nitrogens is 1. The Morgan fingerprint density at radius 2 is 2.17 bits per heavy atom. The first-order valence-electron chi connectivity index (χ1n) is 5.72. The minimum Gasteiger partial charge on any atom is -0.311 e. The van der Waals surface area contributed by atoms with Crippen LogP contribution in [0.1, 0.15) is 17.3 Å². The van der Waals surface area contributed by atoms with Crippen molar-refractivity contribution in [2.75, 3.05) is 7.05 Å². The summed E-state index contributed by atoms with van der Waals surface area (Å²) in [5.41, 5.74) is 2.05. The molecule has 2 rings (SSSR count). The fourth-order valence-electron chi connectivity index (χ4n) is 1.85. The van der Waals surface area contributed by atoms with E-state index in [1.165, 1.54) is 17.8 Å². The molecule has 0 radical (unpaired) electrons. The van der Waals surface area contributed by atoms with Crippen molar-refractivity contribution in [1.29, 1.82) is 0 Å². The van der Waals surface area contributed by atoms with E-state index in [0.717, 1.165) is 16.6 Å². The maximum atomic E-state index is 12.8. The van der Waals surface area contributed by atoms with Crippen molar-refractivity contribution in [3.63, 3.8) is 0 Å². The topological polar surface area (TPSA) is 24.9 Å². The number of nitrogens with zero attached hydrogens (tertiary/aromatic N) is 1. The standard InChI is InChI=1S/C14H14BrFN2/c1-17-14(13-6-5-12(16)9-18-13)8-10-3-2-4-11(15)7-10/h2-7,9,14,17H,8H2,1H3. The smallest absolute Gasteiger partial charge is 0.141 e. The van der Waals surface area contributed by atoms with Crippen LogP contribution in [0.5, 0.6) is 0 Å². The van der Waals surface area contributed by atoms with Gasteiger partial charge in [-0.2, -0.15) is 0 Å². The zero-order valence-corrected chi connectivity index (χ0v) is 11.6. The third-order valence-corrected chi connectivity index (χ3v) is 3.28. The molecule has 2 nitrogen and oxygen atoms in total. The van der Waals surface area contributed by atoms with Crippen LogP contribution in [0.3, 0.4) is 0 Å². The molecule has 0 aliphatic heterocycles. The van der Waals surface area contributed by atoms with E-state index in [9.17, 15) is 4.39 Å². The lowest BCUT2D eigenvalue weighted by molar-refractivity contribution is 0.565. The van der Waals surface area contributed by atoms with Crippen LogP contribution in [-0.4, -0.2) is 12.0 Å². The lowest BCUT2D eigenvalue weighted by atomic mass is 10.0. The van der Waals surface area contributed by atoms with E-state index in [1.807, 2.05) is 19.2 Å². The molecule has 0 fully saturated rings. The number of benzene rings is 1. The Bertz CT molecular complexity index is 513. The zero-order valence-electron chi connectivity index (χ0n) is 10.0. The Kier molecular flexibility index (Phi) is 4.44. The maximum Gasteiger partial charge on any atom is 0.141 e. The Morgan fingerprint density at radius 3 is 2.78 bits per heavy atom. The summed E-state index contributed by atoms with van der Waals surface area (Å²) in [6.07, 6.45) is 2.06. The van der Waals surface area contributed by atoms with E-state index >= 15 is 0 Å². The summed E-state index contributed by atoms with van der Waals surface area (Å²) in [6, 6.07) is 11.4. The maximum absolute atomic E-state index is 12.8. The zero-order chi connectivity index (χ0) is 13.0. The van der Waals surface area contributed by atoms with Crippen molar-refractivity contribution < 1.29 is 4.39 Å². The molecule has 18 heavy (non-hydrogen) atoms. The molecule has 1 atom stereocenters. The first kappa shape index (κ1) is 13.2. The SMILES string of the molecule is CNC(Cc1cccc(Br)c1)c1ccc(F)cn1. The second-order valence-electron chi connectivity index (χ2n) is 4.08. The predicted molar refractivity (Wildman–Crippen MR) is 73.8 cm³/mol. The molecule has 0 saturated heterocycles. The fourth-order valence-corrected chi connectivity index (χ4v) is 2.29. The molecule has 1 aromatic carbocycles. The molecule has 2 aromatic rings. The van der Waals surface area contributed by atoms with E-state index in [1.54, 1.807) is 6.07 Å². The summed E-state index contributed by atoms with van der Waals surface area (Å²) >= 11 is 3.45. The van der Waals surface area contributed by atoms with Crippen LogP contribution >= 0.6 is 15.9 Å². The molecule has 4 heteroatoms. The first-order valence-corrected chi connectivity index (χ1v) is 6.51. The predicted octanol–water partition coefficient (Wildman–Crippen LogP) is 3.49. The van der Waals surface area contributed by atoms with Crippen molar-refractivity contribution in [3.05, 3.63) is 64.1 Å². The van der Waals surface area contributed by atoms with Crippen molar-refractivity contribution in [2.24, 2.45) is 0 Å². The Morgan fingerprint density at radius 1 is 1.33 bits per heavy atom. The average Bonchev–Trinajstić information content (AvgIpc) is 2.37. The summed E-state index contributed by atoms with van der Waals surface area (Å²) in [6.45, 7) is 0. The van der Waals surface area contributed by atoms with Gasteiger partial charge >= 0.3 is 0 Å². The number of pyridine rings is 1. The summed E-state index contributed by atoms with van der Waals surface area (Å²) in [7, 11) is 1.88. The normalized spacial score (nSPS) is 12.4. The van der Waals surface area contributed by atoms with E-state index < -0.39 is 0 Å². The number of rotatable bonds is 4. The second kappa shape index (κ2) is 6.07. The van der Waals surface area contributed by atoms with E-state index in [2.05, 4.69) is 38.4 Å². The highest BCUT2D eigenvalue weighted by molar-refractivity contribution is 9.10. The molecule has 1 aromatic heterocycles. The average molecular weight is 309 g/mol. The van der Waals surface area contributed by atoms with Gasteiger partial charge in [-0.25, -0.2) is 4.39 Å². The van der Waals surface area contributed by atoms with Crippen LogP contribution < -0.4 is 5.32 Å². The monoisotopic (exact) mass is 308 g/mol. The van der Waals surface area contributed by atoms with Crippen LogP contribution in [0.15, 0.2) is 47.1 Å². The van der Waals surface area contributed by atoms with Crippen LogP contribution in [0.25, 0.3) is 0 Å². The van der Waals surface area contributed by atoms with Gasteiger partial charge in [0.15, 0.2) is 0 Å². The highest BCUT2D eigenvalue weighted by atomic mass is 79.9. The molecule has 0 aliphatic carbocycles. The molecule has 0 bridgehead atoms. The quantitative estimate of drug-likeness (QED) is 0.935. The van der Waals surface area contributed by atoms with Gasteiger partial charge in [0, 0.05) is 4.47 Å². The van der Waals surface area contributed by atoms with E-state index in [-0.39, 0.29) is 11.9 Å². The number of likely N-dealkylation sites (N-methyl/N-ethyl adjacent to an activating group) is 1. The van der Waals surface area contributed by atoms with Crippen LogP contribution in [-0.2, 0) is 6.42 Å². The summed E-state index contributed by atoms with van der Waals surface area (Å²) in [4.78, 5) is 4.12. The third-order valence-electron chi connectivity index (χ3n) is 2.78. The minimum absolute atomic E-state index is 0.0832. The van der Waals surface area contributed by atoms with E-state index in [0.29, 0.717) is 0 Å². The first-order chi connectivity index (χ1) is 8.69. The van der Waals surface area contributed by atoms with Gasteiger partial charge in [0.1, 0.15) is 5.82 Å². The minimum atomic E-state index is -0.309. The van der Waals surface area contributed by atoms with Gasteiger partial charge in [-0.3, -0.25) is 4.98 Å². The molecule has 1 heterocycles. The molecule has 0 saturated carbocycles. The highest BCUT2D eigenvalue weighted by Crippen LogP contribution is 2.19. The largest absolute Gasteiger partial charge is 0.311 e. The molecular formula is C14H14BrFN2. The van der Waals surface area contributed by atoms with Crippen LogP contribution in [0, 0.1) is 5.82 Å². The van der Waals surface area contributed by atoms with Gasteiger partial charge in [0.25, 0.3) is 0 Å². The number of nitrogens with one attached hydrogen (secondary N) is 1. The summed E-state index contributed by atoms with van der Waals surface area (Å²) in [5.74, 6) is -0.309. The van der Waals surface area contributed by atoms with Gasteiger partial charge < -0.3 is 5.32 Å². The van der Waals surface area contributed by atoms with Crippen molar-refractivity contribution in [3.8, 4) is 0 Å². The fraction of sp³-hybridized carbons (Fsp3) is 0.214. The summed E-state index contributed by atoms with van der Waals surface area (Å²) in [5, 5.41) is 3.21. The van der Waals surface area contributed by atoms with Crippen molar-refractivity contribution in [2.45, 2.75) is 12.5 Å². The molecule has 1 N–H and O–H groups in total. The molecule has 0 aliphatic rings. The third kappa shape index (κ3) is 3.37. The summed E-state index contributed by atoms with van der Waals surface area (Å²) < 4.78 is 13.9. The number of hydrogen-bond acceptors (Lipinski definition) is 2. The molecule has 94 valence electrons. The van der Waals surface area contributed by atoms with Crippen molar-refractivity contribution in [1.82, 2.24) is 10.3 Å². The van der Waals surface area contributed by atoms with Gasteiger partial charge in [-0.1, -0.05) is 28.1 Å².